The molecule has 0 N–H and O–H groups in total. The highest BCUT2D eigenvalue weighted by Gasteiger charge is 2.13. The van der Waals surface area contributed by atoms with Gasteiger partial charge in [0.25, 0.3) is 0 Å². The van der Waals surface area contributed by atoms with E-state index >= 15 is 0 Å². The Labute approximate surface area is 123 Å². The average Bonchev–Trinajstić information content (AvgIpc) is 2.86. The van der Waals surface area contributed by atoms with Gasteiger partial charge in [0.2, 0.25) is 5.88 Å². The van der Waals surface area contributed by atoms with Gasteiger partial charge >= 0.3 is 5.97 Å². The van der Waals surface area contributed by atoms with Gasteiger partial charge in [0.05, 0.1) is 23.9 Å². The van der Waals surface area contributed by atoms with Crippen LogP contribution in [0.25, 0.3) is 0 Å². The van der Waals surface area contributed by atoms with Gasteiger partial charge in [-0.3, -0.25) is 0 Å². The molecular weight excluding hydrogens is 272 g/mol. The second-order valence-electron chi connectivity index (χ2n) is 4.58. The second-order valence-corrected chi connectivity index (χ2v) is 4.58. The normalized spacial score (nSPS) is 10.4. The number of aryl methyl sites for hydroxylation is 2. The summed E-state index contributed by atoms with van der Waals surface area (Å²) in [5.74, 6) is 0.768. The molecule has 2 aromatic rings. The van der Waals surface area contributed by atoms with Crippen molar-refractivity contribution in [1.29, 1.82) is 0 Å². The molecule has 0 saturated heterocycles. The van der Waals surface area contributed by atoms with Crippen LogP contribution in [0.5, 0.6) is 5.88 Å². The number of pyridine rings is 1. The van der Waals surface area contributed by atoms with Crippen molar-refractivity contribution in [2.24, 2.45) is 0 Å². The van der Waals surface area contributed by atoms with E-state index in [4.69, 9.17) is 9.26 Å². The monoisotopic (exact) mass is 290 g/mol. The largest absolute Gasteiger partial charge is 0.473 e. The minimum Gasteiger partial charge on any atom is -0.473 e. The highest BCUT2D eigenvalue weighted by molar-refractivity contribution is 5.88. The van der Waals surface area contributed by atoms with Crippen LogP contribution in [0.4, 0.5) is 0 Å². The molecular formula is C15H18N2O4. The van der Waals surface area contributed by atoms with Crippen LogP contribution in [-0.2, 0) is 17.8 Å². The van der Waals surface area contributed by atoms with Gasteiger partial charge in [-0.1, -0.05) is 18.5 Å². The molecule has 2 rings (SSSR count). The van der Waals surface area contributed by atoms with Gasteiger partial charge in [0.15, 0.2) is 0 Å². The number of esters is 1. The number of hydrogen-bond donors (Lipinski definition) is 0. The molecule has 6 heteroatoms. The number of carbonyl (C=O) groups excluding carboxylic acids is 1. The number of ether oxygens (including phenoxy) is 2. The lowest BCUT2D eigenvalue weighted by Crippen LogP contribution is -2.04. The maximum Gasteiger partial charge on any atom is 0.339 e. The first-order chi connectivity index (χ1) is 10.2. The lowest BCUT2D eigenvalue weighted by Gasteiger charge is -2.06. The van der Waals surface area contributed by atoms with Crippen LogP contribution in [0.1, 0.15) is 40.7 Å². The molecule has 0 aromatic carbocycles. The van der Waals surface area contributed by atoms with Gasteiger partial charge in [-0.25, -0.2) is 9.78 Å². The molecule has 6 nitrogen and oxygen atoms in total. The molecule has 0 radical (unpaired) electrons. The summed E-state index contributed by atoms with van der Waals surface area (Å²) in [6.07, 6.45) is 3.27. The number of hydrogen-bond acceptors (Lipinski definition) is 6. The summed E-state index contributed by atoms with van der Waals surface area (Å²) in [5, 5.41) is 4.03. The SMILES string of the molecule is CCCc1noc(C)c1COc1ccc(C(=O)OC)cn1. The molecule has 0 spiro atoms. The molecule has 0 bridgehead atoms. The number of carbonyl (C=O) groups is 1. The van der Waals surface area contributed by atoms with Crippen LogP contribution >= 0.6 is 0 Å². The molecule has 0 aliphatic heterocycles. The smallest absolute Gasteiger partial charge is 0.339 e. The van der Waals surface area contributed by atoms with Gasteiger partial charge in [-0.2, -0.15) is 0 Å². The van der Waals surface area contributed by atoms with E-state index in [0.717, 1.165) is 29.9 Å². The molecule has 0 atom stereocenters. The van der Waals surface area contributed by atoms with Crippen LogP contribution in [-0.4, -0.2) is 23.2 Å². The molecule has 2 aromatic heterocycles. The van der Waals surface area contributed by atoms with Gasteiger partial charge in [-0.15, -0.1) is 0 Å². The van der Waals surface area contributed by atoms with Crippen molar-refractivity contribution in [2.45, 2.75) is 33.3 Å². The topological polar surface area (TPSA) is 74.5 Å². The molecule has 0 aliphatic carbocycles. The van der Waals surface area contributed by atoms with Crippen molar-refractivity contribution in [2.75, 3.05) is 7.11 Å². The Balaban J connectivity index is 2.03. The van der Waals surface area contributed by atoms with Crippen molar-refractivity contribution in [3.8, 4) is 5.88 Å². The number of aromatic nitrogens is 2. The highest BCUT2D eigenvalue weighted by Crippen LogP contribution is 2.18. The van der Waals surface area contributed by atoms with Crippen LogP contribution in [0.2, 0.25) is 0 Å². The van der Waals surface area contributed by atoms with E-state index in [9.17, 15) is 4.79 Å². The van der Waals surface area contributed by atoms with Gasteiger partial charge in [-0.05, 0) is 19.4 Å². The lowest BCUT2D eigenvalue weighted by molar-refractivity contribution is 0.0600. The first kappa shape index (κ1) is 15.0. The average molecular weight is 290 g/mol. The summed E-state index contributed by atoms with van der Waals surface area (Å²) < 4.78 is 15.4. The summed E-state index contributed by atoms with van der Waals surface area (Å²) in [7, 11) is 1.33. The number of rotatable bonds is 6. The summed E-state index contributed by atoms with van der Waals surface area (Å²) >= 11 is 0. The second kappa shape index (κ2) is 6.88. The number of methoxy groups -OCH3 is 1. The van der Waals surface area contributed by atoms with Crippen molar-refractivity contribution >= 4 is 5.97 Å². The van der Waals surface area contributed by atoms with Crippen molar-refractivity contribution in [3.05, 3.63) is 40.9 Å². The van der Waals surface area contributed by atoms with Crippen LogP contribution in [0, 0.1) is 6.92 Å². The lowest BCUT2D eigenvalue weighted by atomic mass is 10.1. The van der Waals surface area contributed by atoms with E-state index in [2.05, 4.69) is 21.8 Å². The number of nitrogens with zero attached hydrogens (tertiary/aromatic N) is 2. The molecule has 0 amide bonds. The van der Waals surface area contributed by atoms with Crippen LogP contribution < -0.4 is 4.74 Å². The Morgan fingerprint density at radius 3 is 2.81 bits per heavy atom. The van der Waals surface area contributed by atoms with E-state index in [0.29, 0.717) is 18.1 Å². The molecule has 2 heterocycles. The fraction of sp³-hybridized carbons (Fsp3) is 0.400. The molecule has 112 valence electrons. The standard InChI is InChI=1S/C15H18N2O4/c1-4-5-13-12(10(2)21-17-13)9-20-14-7-6-11(8-16-14)15(18)19-3/h6-8H,4-5,9H2,1-3H3. The zero-order chi connectivity index (χ0) is 15.2. The van der Waals surface area contributed by atoms with Crippen LogP contribution in [0.15, 0.2) is 22.9 Å². The Hall–Kier alpha value is -2.37. The molecule has 21 heavy (non-hydrogen) atoms. The van der Waals surface area contributed by atoms with Crippen LogP contribution in [0.3, 0.4) is 0 Å². The zero-order valence-electron chi connectivity index (χ0n) is 12.4. The van der Waals surface area contributed by atoms with Crippen molar-refractivity contribution in [1.82, 2.24) is 10.1 Å². The Morgan fingerprint density at radius 2 is 2.19 bits per heavy atom. The minimum absolute atomic E-state index is 0.342. The Kier molecular flexibility index (Phi) is 4.92. The highest BCUT2D eigenvalue weighted by atomic mass is 16.5. The predicted octanol–water partition coefficient (Wildman–Crippen LogP) is 2.70. The van der Waals surface area contributed by atoms with Gasteiger partial charge in [0.1, 0.15) is 12.4 Å². The predicted molar refractivity (Wildman–Crippen MR) is 75.1 cm³/mol. The molecule has 0 fully saturated rings. The maximum atomic E-state index is 11.3. The third kappa shape index (κ3) is 3.59. The van der Waals surface area contributed by atoms with E-state index in [1.54, 1.807) is 12.1 Å². The maximum absolute atomic E-state index is 11.3. The molecule has 0 saturated carbocycles. The third-order valence-electron chi connectivity index (χ3n) is 3.07. The first-order valence-electron chi connectivity index (χ1n) is 6.76. The molecule has 0 unspecified atom stereocenters. The quantitative estimate of drug-likeness (QED) is 0.761. The fourth-order valence-corrected chi connectivity index (χ4v) is 1.91. The Morgan fingerprint density at radius 1 is 1.38 bits per heavy atom. The third-order valence-corrected chi connectivity index (χ3v) is 3.07. The molecule has 0 aliphatic rings. The Bertz CT molecular complexity index is 605. The fourth-order valence-electron chi connectivity index (χ4n) is 1.91. The van der Waals surface area contributed by atoms with E-state index in [1.165, 1.54) is 13.3 Å². The van der Waals surface area contributed by atoms with Gasteiger partial charge < -0.3 is 14.0 Å². The minimum atomic E-state index is -0.422. The summed E-state index contributed by atoms with van der Waals surface area (Å²) in [4.78, 5) is 15.4. The van der Waals surface area contributed by atoms with E-state index in [1.807, 2.05) is 6.92 Å². The van der Waals surface area contributed by atoms with Gasteiger partial charge in [0, 0.05) is 12.3 Å². The van der Waals surface area contributed by atoms with Crippen molar-refractivity contribution in [3.63, 3.8) is 0 Å². The summed E-state index contributed by atoms with van der Waals surface area (Å²) in [6.45, 7) is 4.29. The summed E-state index contributed by atoms with van der Waals surface area (Å²) in [6, 6.07) is 3.25. The van der Waals surface area contributed by atoms with Crippen molar-refractivity contribution < 1.29 is 18.8 Å². The first-order valence-corrected chi connectivity index (χ1v) is 6.76. The van der Waals surface area contributed by atoms with E-state index in [-0.39, 0.29) is 0 Å². The van der Waals surface area contributed by atoms with E-state index < -0.39 is 5.97 Å². The summed E-state index contributed by atoms with van der Waals surface area (Å²) in [5.41, 5.74) is 2.26. The zero-order valence-corrected chi connectivity index (χ0v) is 12.4.